The first-order valence-corrected chi connectivity index (χ1v) is 5.96. The van der Waals surface area contributed by atoms with Crippen molar-refractivity contribution in [2.24, 2.45) is 10.7 Å². The van der Waals surface area contributed by atoms with Crippen LogP contribution in [0.1, 0.15) is 4.88 Å². The summed E-state index contributed by atoms with van der Waals surface area (Å²) >= 11 is 6.68. The van der Waals surface area contributed by atoms with E-state index in [9.17, 15) is 0 Å². The van der Waals surface area contributed by atoms with Gasteiger partial charge in [-0.1, -0.05) is 11.8 Å². The molecule has 0 atom stereocenters. The van der Waals surface area contributed by atoms with Crippen LogP contribution in [0.3, 0.4) is 0 Å². The van der Waals surface area contributed by atoms with E-state index in [-0.39, 0.29) is 0 Å². The smallest absolute Gasteiger partial charge is 0.153 e. The van der Waals surface area contributed by atoms with Gasteiger partial charge in [0, 0.05) is 27.5 Å². The highest BCUT2D eigenvalue weighted by atomic mass is 79.9. The molecule has 12 heavy (non-hydrogen) atoms. The average molecular weight is 265 g/mol. The van der Waals surface area contributed by atoms with Gasteiger partial charge in [-0.05, 0) is 22.0 Å². The number of thiophene rings is 1. The van der Waals surface area contributed by atoms with Crippen LogP contribution in [-0.4, -0.2) is 12.2 Å². The van der Waals surface area contributed by atoms with Crippen molar-refractivity contribution in [2.75, 3.05) is 7.05 Å². The van der Waals surface area contributed by atoms with E-state index in [0.717, 1.165) is 10.2 Å². The van der Waals surface area contributed by atoms with Gasteiger partial charge < -0.3 is 5.73 Å². The van der Waals surface area contributed by atoms with Crippen molar-refractivity contribution in [1.29, 1.82) is 0 Å². The third-order valence-corrected chi connectivity index (χ3v) is 4.02. The molecule has 0 bridgehead atoms. The quantitative estimate of drug-likeness (QED) is 0.659. The van der Waals surface area contributed by atoms with E-state index >= 15 is 0 Å². The number of hydrogen-bond donors (Lipinski definition) is 1. The Kier molecular flexibility index (Phi) is 4.11. The predicted molar refractivity (Wildman–Crippen MR) is 60.9 cm³/mol. The Morgan fingerprint density at radius 1 is 1.83 bits per heavy atom. The topological polar surface area (TPSA) is 38.4 Å². The van der Waals surface area contributed by atoms with Gasteiger partial charge in [-0.25, -0.2) is 0 Å². The van der Waals surface area contributed by atoms with Crippen LogP contribution in [0, 0.1) is 0 Å². The molecule has 0 spiro atoms. The highest BCUT2D eigenvalue weighted by Crippen LogP contribution is 2.23. The summed E-state index contributed by atoms with van der Waals surface area (Å²) in [7, 11) is 1.70. The number of rotatable bonds is 2. The first-order chi connectivity index (χ1) is 5.72. The molecular formula is C7H9BrN2S2. The normalized spacial score (nSPS) is 12.0. The van der Waals surface area contributed by atoms with Crippen molar-refractivity contribution in [1.82, 2.24) is 0 Å². The van der Waals surface area contributed by atoms with Gasteiger partial charge in [0.2, 0.25) is 0 Å². The van der Waals surface area contributed by atoms with Crippen molar-refractivity contribution in [2.45, 2.75) is 5.75 Å². The van der Waals surface area contributed by atoms with Gasteiger partial charge in [-0.2, -0.15) is 0 Å². The molecular weight excluding hydrogens is 256 g/mol. The number of nitrogens with zero attached hydrogens (tertiary/aromatic N) is 1. The fourth-order valence-corrected chi connectivity index (χ4v) is 2.83. The highest BCUT2D eigenvalue weighted by Gasteiger charge is 1.98. The first kappa shape index (κ1) is 10.1. The number of thioether (sulfide) groups is 1. The fourth-order valence-electron chi connectivity index (χ4n) is 0.639. The number of halogens is 1. The number of aliphatic imine (C=N–C) groups is 1. The van der Waals surface area contributed by atoms with Crippen LogP contribution >= 0.6 is 39.0 Å². The monoisotopic (exact) mass is 264 g/mol. The second kappa shape index (κ2) is 4.89. The maximum atomic E-state index is 5.53. The number of hydrogen-bond acceptors (Lipinski definition) is 3. The lowest BCUT2D eigenvalue weighted by Gasteiger charge is -1.95. The molecule has 1 aromatic heterocycles. The van der Waals surface area contributed by atoms with Crippen LogP contribution in [0.4, 0.5) is 0 Å². The van der Waals surface area contributed by atoms with Gasteiger partial charge in [0.15, 0.2) is 5.17 Å². The van der Waals surface area contributed by atoms with E-state index in [1.54, 1.807) is 30.1 Å². The summed E-state index contributed by atoms with van der Waals surface area (Å²) in [6, 6.07) is 2.10. The number of amidine groups is 1. The average Bonchev–Trinajstić information content (AvgIpc) is 2.47. The summed E-state index contributed by atoms with van der Waals surface area (Å²) < 4.78 is 1.13. The molecule has 2 N–H and O–H groups in total. The molecule has 1 aromatic rings. The molecule has 0 unspecified atom stereocenters. The van der Waals surface area contributed by atoms with Crippen LogP contribution in [0.2, 0.25) is 0 Å². The molecule has 0 aliphatic rings. The van der Waals surface area contributed by atoms with Gasteiger partial charge in [-0.15, -0.1) is 11.3 Å². The van der Waals surface area contributed by atoms with Crippen molar-refractivity contribution >= 4 is 44.2 Å². The van der Waals surface area contributed by atoms with Gasteiger partial charge in [0.1, 0.15) is 0 Å². The molecule has 2 nitrogen and oxygen atoms in total. The third-order valence-electron chi connectivity index (χ3n) is 1.20. The molecule has 1 heterocycles. The second-order valence-electron chi connectivity index (χ2n) is 2.08. The minimum Gasteiger partial charge on any atom is -0.379 e. The largest absolute Gasteiger partial charge is 0.379 e. The Hall–Kier alpha value is -0.0000000000000000833. The zero-order valence-corrected chi connectivity index (χ0v) is 9.80. The van der Waals surface area contributed by atoms with Crippen molar-refractivity contribution in [3.63, 3.8) is 0 Å². The van der Waals surface area contributed by atoms with Crippen molar-refractivity contribution < 1.29 is 0 Å². The van der Waals surface area contributed by atoms with E-state index in [4.69, 9.17) is 5.73 Å². The van der Waals surface area contributed by atoms with Gasteiger partial charge >= 0.3 is 0 Å². The Bertz CT molecular complexity index is 283. The lowest BCUT2D eigenvalue weighted by molar-refractivity contribution is 1.43. The summed E-state index contributed by atoms with van der Waals surface area (Å²) in [6.45, 7) is 0. The van der Waals surface area contributed by atoms with Gasteiger partial charge in [-0.3, -0.25) is 4.99 Å². The van der Waals surface area contributed by atoms with Crippen LogP contribution in [-0.2, 0) is 5.75 Å². The molecule has 0 aromatic carbocycles. The van der Waals surface area contributed by atoms with Crippen LogP contribution in [0.15, 0.2) is 20.9 Å². The third kappa shape index (κ3) is 3.16. The summed E-state index contributed by atoms with van der Waals surface area (Å²) in [4.78, 5) is 5.16. The van der Waals surface area contributed by atoms with E-state index in [1.807, 2.05) is 0 Å². The van der Waals surface area contributed by atoms with E-state index in [0.29, 0.717) is 5.17 Å². The molecule has 0 saturated carbocycles. The number of nitrogens with two attached hydrogens (primary N) is 1. The first-order valence-electron chi connectivity index (χ1n) is 3.30. The standard InChI is InChI=1S/C7H9BrN2S2/c1-10-7(9)12-4-6-2-5(8)3-11-6/h2-3H,4H2,1H3,(H2,9,10). The molecule has 0 aliphatic heterocycles. The Morgan fingerprint density at radius 2 is 2.58 bits per heavy atom. The van der Waals surface area contributed by atoms with Crippen LogP contribution in [0.5, 0.6) is 0 Å². The Balaban J connectivity index is 2.43. The molecule has 5 heteroatoms. The van der Waals surface area contributed by atoms with Gasteiger partial charge in [0.05, 0.1) is 0 Å². The van der Waals surface area contributed by atoms with E-state index in [2.05, 4.69) is 32.4 Å². The maximum Gasteiger partial charge on any atom is 0.153 e. The lowest BCUT2D eigenvalue weighted by atomic mass is 10.5. The molecule has 0 aliphatic carbocycles. The minimum atomic E-state index is 0.638. The summed E-state index contributed by atoms with van der Waals surface area (Å²) in [5.74, 6) is 0.902. The molecule has 0 fully saturated rings. The zero-order chi connectivity index (χ0) is 8.97. The maximum absolute atomic E-state index is 5.53. The lowest BCUT2D eigenvalue weighted by Crippen LogP contribution is -2.05. The van der Waals surface area contributed by atoms with Gasteiger partial charge in [0.25, 0.3) is 0 Å². The van der Waals surface area contributed by atoms with Crippen LogP contribution < -0.4 is 5.73 Å². The molecule has 0 saturated heterocycles. The Labute approximate surface area is 88.4 Å². The van der Waals surface area contributed by atoms with Crippen LogP contribution in [0.25, 0.3) is 0 Å². The highest BCUT2D eigenvalue weighted by molar-refractivity contribution is 9.10. The minimum absolute atomic E-state index is 0.638. The summed E-state index contributed by atoms with van der Waals surface area (Å²) in [5, 5.41) is 2.70. The Morgan fingerprint density at radius 3 is 3.08 bits per heavy atom. The molecule has 0 radical (unpaired) electrons. The van der Waals surface area contributed by atoms with Crippen molar-refractivity contribution in [3.8, 4) is 0 Å². The summed E-state index contributed by atoms with van der Waals surface area (Å²) in [6.07, 6.45) is 0. The second-order valence-corrected chi connectivity index (χ2v) is 4.99. The SMILES string of the molecule is CN=C(N)SCc1cc(Br)cs1. The predicted octanol–water partition coefficient (Wildman–Crippen LogP) is 2.69. The molecule has 1 rings (SSSR count). The van der Waals surface area contributed by atoms with E-state index < -0.39 is 0 Å². The van der Waals surface area contributed by atoms with E-state index in [1.165, 1.54) is 4.88 Å². The fraction of sp³-hybridized carbons (Fsp3) is 0.286. The molecule has 0 amide bonds. The zero-order valence-electron chi connectivity index (χ0n) is 6.58. The molecule has 66 valence electrons. The summed E-state index contributed by atoms with van der Waals surface area (Å²) in [5.41, 5.74) is 5.53. The van der Waals surface area contributed by atoms with Crippen molar-refractivity contribution in [3.05, 3.63) is 20.8 Å².